The average molecular weight is 385 g/mol. The van der Waals surface area contributed by atoms with E-state index in [4.69, 9.17) is 0 Å². The Morgan fingerprint density at radius 2 is 1.93 bits per heavy atom. The topological polar surface area (TPSA) is 23.6 Å². The lowest BCUT2D eigenvalue weighted by atomic mass is 9.88. The number of piperidine rings is 1. The number of hydrogen-bond donors (Lipinski definition) is 0. The lowest BCUT2D eigenvalue weighted by molar-refractivity contribution is -0.107. The highest BCUT2D eigenvalue weighted by Crippen LogP contribution is 2.43. The van der Waals surface area contributed by atoms with Crippen molar-refractivity contribution < 1.29 is 9.18 Å². The molecule has 0 unspecified atom stereocenters. The zero-order valence-corrected chi connectivity index (χ0v) is 16.5. The molecule has 1 saturated heterocycles. The molecule has 0 atom stereocenters. The summed E-state index contributed by atoms with van der Waals surface area (Å²) >= 11 is 1.64. The first kappa shape index (κ1) is 18.4. The standard InChI is InChI=1S/C22H25FN2OS/c1-24-11-8-17(9-12-24)22-18-5-3-2-4-16(18)6-7-20-19(22)14-21(27-20)25(15-26)13-10-23/h2-5,14-15H,6-13H2,1H3. The van der Waals surface area contributed by atoms with Gasteiger partial charge in [-0.3, -0.25) is 4.79 Å². The zero-order valence-electron chi connectivity index (χ0n) is 15.7. The van der Waals surface area contributed by atoms with Crippen molar-refractivity contribution in [2.24, 2.45) is 0 Å². The summed E-state index contributed by atoms with van der Waals surface area (Å²) in [6.45, 7) is 1.76. The van der Waals surface area contributed by atoms with Gasteiger partial charge in [-0.15, -0.1) is 11.3 Å². The van der Waals surface area contributed by atoms with Crippen LogP contribution in [0.5, 0.6) is 0 Å². The fraction of sp³-hybridized carbons (Fsp3) is 0.409. The van der Waals surface area contributed by atoms with Gasteiger partial charge < -0.3 is 9.80 Å². The minimum absolute atomic E-state index is 0.121. The third-order valence-corrected chi connectivity index (χ3v) is 6.89. The lowest BCUT2D eigenvalue weighted by Crippen LogP contribution is -2.27. The fourth-order valence-corrected chi connectivity index (χ4v) is 5.31. The monoisotopic (exact) mass is 384 g/mol. The average Bonchev–Trinajstić information content (AvgIpc) is 3.04. The molecule has 0 bridgehead atoms. The highest BCUT2D eigenvalue weighted by atomic mass is 32.1. The number of fused-ring (bicyclic) bond motifs is 2. The summed E-state index contributed by atoms with van der Waals surface area (Å²) in [6, 6.07) is 10.8. The van der Waals surface area contributed by atoms with E-state index in [1.807, 2.05) is 0 Å². The quantitative estimate of drug-likeness (QED) is 0.734. The summed E-state index contributed by atoms with van der Waals surface area (Å²) in [5.74, 6) is 0. The van der Waals surface area contributed by atoms with Crippen LogP contribution in [0.3, 0.4) is 0 Å². The Balaban J connectivity index is 1.85. The number of hydrogen-bond acceptors (Lipinski definition) is 3. The molecule has 1 aliphatic heterocycles. The van der Waals surface area contributed by atoms with Crippen molar-refractivity contribution in [3.05, 3.63) is 57.5 Å². The number of carbonyl (C=O) groups is 1. The molecule has 1 aromatic carbocycles. The van der Waals surface area contributed by atoms with Crippen LogP contribution in [0.15, 0.2) is 35.9 Å². The maximum Gasteiger partial charge on any atom is 0.214 e. The van der Waals surface area contributed by atoms with Crippen molar-refractivity contribution in [3.8, 4) is 0 Å². The van der Waals surface area contributed by atoms with Gasteiger partial charge in [0.1, 0.15) is 6.67 Å². The lowest BCUT2D eigenvalue weighted by Gasteiger charge is -2.27. The van der Waals surface area contributed by atoms with Gasteiger partial charge in [0, 0.05) is 18.0 Å². The zero-order chi connectivity index (χ0) is 18.8. The van der Waals surface area contributed by atoms with Crippen molar-refractivity contribution in [2.75, 3.05) is 38.3 Å². The molecule has 27 heavy (non-hydrogen) atoms. The van der Waals surface area contributed by atoms with Gasteiger partial charge in [-0.25, -0.2) is 4.39 Å². The van der Waals surface area contributed by atoms with Crippen molar-refractivity contribution in [3.63, 3.8) is 0 Å². The summed E-state index contributed by atoms with van der Waals surface area (Å²) < 4.78 is 12.9. The molecule has 142 valence electrons. The number of likely N-dealkylation sites (tertiary alicyclic amines) is 1. The normalized spacial score (nSPS) is 17.3. The minimum Gasteiger partial charge on any atom is -0.306 e. The van der Waals surface area contributed by atoms with Gasteiger partial charge in [-0.1, -0.05) is 29.8 Å². The molecule has 0 radical (unpaired) electrons. The maximum atomic E-state index is 12.9. The Kier molecular flexibility index (Phi) is 5.41. The van der Waals surface area contributed by atoms with Crippen LogP contribution in [0.25, 0.3) is 5.57 Å². The molecule has 0 saturated carbocycles. The second-order valence-corrected chi connectivity index (χ2v) is 8.46. The largest absolute Gasteiger partial charge is 0.306 e. The fourth-order valence-electron chi connectivity index (χ4n) is 4.15. The predicted molar refractivity (Wildman–Crippen MR) is 110 cm³/mol. The van der Waals surface area contributed by atoms with Crippen LogP contribution in [-0.2, 0) is 17.6 Å². The Labute approximate surface area is 164 Å². The third-order valence-electron chi connectivity index (χ3n) is 5.65. The third kappa shape index (κ3) is 3.58. The van der Waals surface area contributed by atoms with Crippen LogP contribution in [-0.4, -0.2) is 44.7 Å². The highest BCUT2D eigenvalue weighted by molar-refractivity contribution is 7.16. The van der Waals surface area contributed by atoms with Gasteiger partial charge >= 0.3 is 0 Å². The van der Waals surface area contributed by atoms with E-state index in [9.17, 15) is 9.18 Å². The van der Waals surface area contributed by atoms with Gasteiger partial charge in [0.25, 0.3) is 0 Å². The van der Waals surface area contributed by atoms with Gasteiger partial charge in [-0.2, -0.15) is 0 Å². The van der Waals surface area contributed by atoms with Gasteiger partial charge in [0.15, 0.2) is 0 Å². The van der Waals surface area contributed by atoms with Crippen molar-refractivity contribution in [1.82, 2.24) is 4.90 Å². The van der Waals surface area contributed by atoms with Crippen molar-refractivity contribution in [2.45, 2.75) is 25.7 Å². The van der Waals surface area contributed by atoms with Crippen LogP contribution in [0.4, 0.5) is 9.39 Å². The molecule has 2 aromatic rings. The van der Waals surface area contributed by atoms with Gasteiger partial charge in [-0.05, 0) is 61.1 Å². The molecule has 1 aliphatic carbocycles. The molecule has 2 heterocycles. The first-order valence-corrected chi connectivity index (χ1v) is 10.4. The molecule has 1 fully saturated rings. The van der Waals surface area contributed by atoms with Crippen LogP contribution < -0.4 is 4.90 Å². The number of carbonyl (C=O) groups excluding carboxylic acids is 1. The van der Waals surface area contributed by atoms with E-state index in [1.54, 1.807) is 11.3 Å². The minimum atomic E-state index is -0.523. The molecule has 5 heteroatoms. The molecule has 2 aliphatic rings. The van der Waals surface area contributed by atoms with Crippen LogP contribution >= 0.6 is 11.3 Å². The van der Waals surface area contributed by atoms with E-state index in [1.165, 1.54) is 37.6 Å². The van der Waals surface area contributed by atoms with E-state index in [2.05, 4.69) is 42.3 Å². The smallest absolute Gasteiger partial charge is 0.214 e. The summed E-state index contributed by atoms with van der Waals surface area (Å²) in [4.78, 5) is 16.6. The Morgan fingerprint density at radius 3 is 2.67 bits per heavy atom. The van der Waals surface area contributed by atoms with E-state index < -0.39 is 6.67 Å². The molecule has 3 nitrogen and oxygen atoms in total. The molecule has 1 aromatic heterocycles. The Morgan fingerprint density at radius 1 is 1.15 bits per heavy atom. The van der Waals surface area contributed by atoms with E-state index in [0.29, 0.717) is 0 Å². The second-order valence-electron chi connectivity index (χ2n) is 7.35. The number of rotatable bonds is 4. The molecule has 4 rings (SSSR count). The molecular formula is C22H25FN2OS. The van der Waals surface area contributed by atoms with Crippen molar-refractivity contribution in [1.29, 1.82) is 0 Å². The molecule has 1 amide bonds. The number of nitrogens with zero attached hydrogens (tertiary/aromatic N) is 2. The Hall–Kier alpha value is -1.98. The van der Waals surface area contributed by atoms with Gasteiger partial charge in [0.2, 0.25) is 6.41 Å². The summed E-state index contributed by atoms with van der Waals surface area (Å²) in [7, 11) is 2.18. The number of aryl methyl sites for hydroxylation is 2. The SMILES string of the molecule is CN1CCC(=C2c3ccccc3CCc3sc(N(C=O)CCF)cc32)CC1. The Bertz CT molecular complexity index is 863. The second kappa shape index (κ2) is 7.95. The summed E-state index contributed by atoms with van der Waals surface area (Å²) in [5.41, 5.74) is 6.87. The summed E-state index contributed by atoms with van der Waals surface area (Å²) in [6.07, 6.45) is 4.88. The number of anilines is 1. The molecule has 0 spiro atoms. The van der Waals surface area contributed by atoms with E-state index >= 15 is 0 Å². The highest BCUT2D eigenvalue weighted by Gasteiger charge is 2.26. The van der Waals surface area contributed by atoms with Crippen LogP contribution in [0, 0.1) is 0 Å². The van der Waals surface area contributed by atoms with E-state index in [0.717, 1.165) is 50.2 Å². The number of alkyl halides is 1. The van der Waals surface area contributed by atoms with E-state index in [-0.39, 0.29) is 6.54 Å². The van der Waals surface area contributed by atoms with Gasteiger partial charge in [0.05, 0.1) is 11.5 Å². The summed E-state index contributed by atoms with van der Waals surface area (Å²) in [5, 5.41) is 0.859. The number of benzene rings is 1. The van der Waals surface area contributed by atoms with Crippen molar-refractivity contribution >= 4 is 28.3 Å². The number of halogens is 1. The first-order chi connectivity index (χ1) is 13.2. The number of thiophene rings is 1. The molecular weight excluding hydrogens is 359 g/mol. The number of amides is 1. The predicted octanol–water partition coefficient (Wildman–Crippen LogP) is 4.31. The van der Waals surface area contributed by atoms with Crippen LogP contribution in [0.2, 0.25) is 0 Å². The molecule has 0 N–H and O–H groups in total. The first-order valence-electron chi connectivity index (χ1n) is 9.61. The van der Waals surface area contributed by atoms with Crippen LogP contribution in [0.1, 0.15) is 34.4 Å². The maximum absolute atomic E-state index is 12.9.